The van der Waals surface area contributed by atoms with Crippen molar-refractivity contribution >= 4 is 17.6 Å². The van der Waals surface area contributed by atoms with E-state index in [-0.39, 0.29) is 18.4 Å². The standard InChI is InChI=1S/C17H26N2O4/c1-12(2)23-10-4-9-18-15(17(21)22)11-16(20)19-14-7-5-13(3)6-8-14/h5-8,12,15,18H,4,9-11H2,1-3H3,(H,19,20)(H,21,22)/t15-/m1/s1. The summed E-state index contributed by atoms with van der Waals surface area (Å²) in [5, 5.41) is 15.5. The lowest BCUT2D eigenvalue weighted by atomic mass is 10.1. The van der Waals surface area contributed by atoms with E-state index in [1.54, 1.807) is 17.4 Å². The van der Waals surface area contributed by atoms with Crippen molar-refractivity contribution in [1.29, 1.82) is 0 Å². The van der Waals surface area contributed by atoms with Gasteiger partial charge in [-0.2, -0.15) is 0 Å². The zero-order chi connectivity index (χ0) is 17.2. The van der Waals surface area contributed by atoms with E-state index < -0.39 is 12.0 Å². The summed E-state index contributed by atoms with van der Waals surface area (Å²) in [4.78, 5) is 23.1. The monoisotopic (exact) mass is 322 g/mol. The average Bonchev–Trinajstić information content (AvgIpc) is 2.47. The first-order valence-electron chi connectivity index (χ1n) is 7.90. The van der Waals surface area contributed by atoms with E-state index in [0.717, 1.165) is 12.0 Å². The molecule has 0 saturated heterocycles. The molecule has 0 unspecified atom stereocenters. The van der Waals surface area contributed by atoms with Crippen molar-refractivity contribution in [3.63, 3.8) is 0 Å². The van der Waals surface area contributed by atoms with Gasteiger partial charge in [-0.15, -0.1) is 0 Å². The smallest absolute Gasteiger partial charge is 0.230 e. The van der Waals surface area contributed by atoms with Crippen LogP contribution in [0.3, 0.4) is 0 Å². The number of aliphatic carboxylic acids is 1. The fraction of sp³-hybridized carbons (Fsp3) is 0.529. The van der Waals surface area contributed by atoms with Crippen LogP contribution in [0.1, 0.15) is 32.3 Å². The van der Waals surface area contributed by atoms with Crippen LogP contribution in [0.5, 0.6) is 0 Å². The molecule has 0 fully saturated rings. The van der Waals surface area contributed by atoms with Crippen molar-refractivity contribution < 1.29 is 24.7 Å². The molecule has 1 aromatic rings. The number of amides is 1. The highest BCUT2D eigenvalue weighted by Crippen LogP contribution is 2.08. The highest BCUT2D eigenvalue weighted by atomic mass is 16.5. The maximum atomic E-state index is 11.9. The first kappa shape index (κ1) is 19.1. The van der Waals surface area contributed by atoms with E-state index >= 15 is 0 Å². The number of quaternary nitrogens is 1. The Kier molecular flexibility index (Phi) is 8.29. The molecule has 0 radical (unpaired) electrons. The van der Waals surface area contributed by atoms with Gasteiger partial charge in [0.1, 0.15) is 6.04 Å². The Morgan fingerprint density at radius 1 is 1.26 bits per heavy atom. The number of nitrogens with two attached hydrogens (primary N) is 1. The number of aryl methyl sites for hydroxylation is 1. The molecule has 6 nitrogen and oxygen atoms in total. The number of benzene rings is 1. The number of carboxylic acid groups (broad SMARTS) is 1. The summed E-state index contributed by atoms with van der Waals surface area (Å²) in [6, 6.07) is 6.45. The third-order valence-corrected chi connectivity index (χ3v) is 3.29. The van der Waals surface area contributed by atoms with E-state index in [1.807, 2.05) is 32.9 Å². The normalized spacial score (nSPS) is 12.2. The van der Waals surface area contributed by atoms with Gasteiger partial charge in [-0.05, 0) is 32.9 Å². The Morgan fingerprint density at radius 2 is 1.91 bits per heavy atom. The highest BCUT2D eigenvalue weighted by Gasteiger charge is 2.18. The number of nitrogens with one attached hydrogen (secondary N) is 1. The minimum Gasteiger partial charge on any atom is -0.544 e. The lowest BCUT2D eigenvalue weighted by Gasteiger charge is -2.16. The van der Waals surface area contributed by atoms with Gasteiger partial charge >= 0.3 is 0 Å². The molecule has 1 rings (SSSR count). The van der Waals surface area contributed by atoms with Crippen LogP contribution in [0.4, 0.5) is 5.69 Å². The Morgan fingerprint density at radius 3 is 2.48 bits per heavy atom. The van der Waals surface area contributed by atoms with Gasteiger partial charge in [-0.1, -0.05) is 17.7 Å². The molecule has 0 aliphatic rings. The SMILES string of the molecule is Cc1ccc(NC(=O)C[C@@H]([NH2+]CCCOC(C)C)C(=O)[O-])cc1. The van der Waals surface area contributed by atoms with Gasteiger partial charge in [0.15, 0.2) is 0 Å². The minimum atomic E-state index is -1.23. The lowest BCUT2D eigenvalue weighted by molar-refractivity contribution is -0.682. The molecule has 1 amide bonds. The second-order valence-corrected chi connectivity index (χ2v) is 5.84. The topological polar surface area (TPSA) is 95.1 Å². The van der Waals surface area contributed by atoms with E-state index in [4.69, 9.17) is 4.74 Å². The number of rotatable bonds is 10. The van der Waals surface area contributed by atoms with Gasteiger partial charge in [0.25, 0.3) is 0 Å². The Bertz CT molecular complexity index is 500. The zero-order valence-electron chi connectivity index (χ0n) is 14.0. The van der Waals surface area contributed by atoms with E-state index in [9.17, 15) is 14.7 Å². The summed E-state index contributed by atoms with van der Waals surface area (Å²) in [6.45, 7) is 6.99. The third-order valence-electron chi connectivity index (χ3n) is 3.29. The molecule has 0 aliphatic carbocycles. The molecule has 0 saturated carbocycles. The summed E-state index contributed by atoms with van der Waals surface area (Å²) in [7, 11) is 0. The molecule has 1 atom stereocenters. The van der Waals surface area contributed by atoms with E-state index in [2.05, 4.69) is 5.32 Å². The van der Waals surface area contributed by atoms with Gasteiger partial charge in [0, 0.05) is 12.1 Å². The second-order valence-electron chi connectivity index (χ2n) is 5.84. The Balaban J connectivity index is 2.37. The summed E-state index contributed by atoms with van der Waals surface area (Å²) < 4.78 is 5.39. The number of carbonyl (C=O) groups is 2. The lowest BCUT2D eigenvalue weighted by Crippen LogP contribution is -2.93. The fourth-order valence-corrected chi connectivity index (χ4v) is 2.03. The van der Waals surface area contributed by atoms with Gasteiger partial charge in [0.2, 0.25) is 5.91 Å². The highest BCUT2D eigenvalue weighted by molar-refractivity contribution is 5.93. The summed E-state index contributed by atoms with van der Waals surface area (Å²) >= 11 is 0. The molecule has 0 heterocycles. The molecular formula is C17H26N2O4. The molecule has 0 aromatic heterocycles. The number of carboxylic acids is 1. The van der Waals surface area contributed by atoms with E-state index in [1.165, 1.54) is 0 Å². The number of carbonyl (C=O) groups excluding carboxylic acids is 2. The molecule has 0 bridgehead atoms. The predicted molar refractivity (Wildman–Crippen MR) is 85.7 cm³/mol. The van der Waals surface area contributed by atoms with Crippen LogP contribution >= 0.6 is 0 Å². The summed E-state index contributed by atoms with van der Waals surface area (Å²) in [5.74, 6) is -1.56. The molecule has 128 valence electrons. The van der Waals surface area contributed by atoms with Crippen molar-refractivity contribution in [3.05, 3.63) is 29.8 Å². The summed E-state index contributed by atoms with van der Waals surface area (Å²) in [5.41, 5.74) is 1.75. The summed E-state index contributed by atoms with van der Waals surface area (Å²) in [6.07, 6.45) is 0.759. The quantitative estimate of drug-likeness (QED) is 0.584. The first-order chi connectivity index (χ1) is 10.9. The van der Waals surface area contributed by atoms with Crippen molar-refractivity contribution in [2.45, 2.75) is 45.8 Å². The van der Waals surface area contributed by atoms with Crippen molar-refractivity contribution in [2.24, 2.45) is 0 Å². The molecule has 23 heavy (non-hydrogen) atoms. The van der Waals surface area contributed by atoms with Gasteiger partial charge in [-0.25, -0.2) is 0 Å². The maximum absolute atomic E-state index is 11.9. The Labute approximate surface area is 137 Å². The van der Waals surface area contributed by atoms with Crippen LogP contribution < -0.4 is 15.7 Å². The van der Waals surface area contributed by atoms with Gasteiger partial charge < -0.3 is 25.3 Å². The molecule has 3 N–H and O–H groups in total. The third kappa shape index (κ3) is 8.32. The average molecular weight is 322 g/mol. The van der Waals surface area contributed by atoms with Crippen LogP contribution in [0.25, 0.3) is 0 Å². The molecule has 0 spiro atoms. The molecular weight excluding hydrogens is 296 g/mol. The first-order valence-corrected chi connectivity index (χ1v) is 7.90. The second kappa shape index (κ2) is 9.97. The fourth-order valence-electron chi connectivity index (χ4n) is 2.03. The maximum Gasteiger partial charge on any atom is 0.230 e. The van der Waals surface area contributed by atoms with Gasteiger partial charge in [0.05, 0.1) is 31.6 Å². The van der Waals surface area contributed by atoms with Crippen molar-refractivity contribution in [3.8, 4) is 0 Å². The van der Waals surface area contributed by atoms with E-state index in [0.29, 0.717) is 18.8 Å². The van der Waals surface area contributed by atoms with Crippen LogP contribution in [-0.4, -0.2) is 37.2 Å². The van der Waals surface area contributed by atoms with Crippen LogP contribution in [0, 0.1) is 6.92 Å². The predicted octanol–water partition coefficient (Wildman–Crippen LogP) is -0.179. The Hall–Kier alpha value is -1.92. The van der Waals surface area contributed by atoms with Crippen molar-refractivity contribution in [2.75, 3.05) is 18.5 Å². The molecule has 1 aromatic carbocycles. The van der Waals surface area contributed by atoms with Crippen LogP contribution in [-0.2, 0) is 14.3 Å². The van der Waals surface area contributed by atoms with Crippen LogP contribution in [0.2, 0.25) is 0 Å². The molecule has 6 heteroatoms. The number of ether oxygens (including phenoxy) is 1. The minimum absolute atomic E-state index is 0.124. The largest absolute Gasteiger partial charge is 0.544 e. The van der Waals surface area contributed by atoms with Gasteiger partial charge in [-0.3, -0.25) is 4.79 Å². The number of anilines is 1. The number of hydrogen-bond acceptors (Lipinski definition) is 4. The zero-order valence-corrected chi connectivity index (χ0v) is 14.0. The van der Waals surface area contributed by atoms with Crippen LogP contribution in [0.15, 0.2) is 24.3 Å². The number of hydrogen-bond donors (Lipinski definition) is 2. The van der Waals surface area contributed by atoms with Crippen molar-refractivity contribution in [1.82, 2.24) is 0 Å². The molecule has 0 aliphatic heterocycles.